The molecule has 0 atom stereocenters. The van der Waals surface area contributed by atoms with Crippen LogP contribution in [-0.4, -0.2) is 40.3 Å². The molecule has 5 heteroatoms. The first-order valence-corrected chi connectivity index (χ1v) is 6.33. The van der Waals surface area contributed by atoms with Crippen LogP contribution in [-0.2, 0) is 11.3 Å². The number of nitrogens with zero attached hydrogens (tertiary/aromatic N) is 1. The first kappa shape index (κ1) is 15.9. The summed E-state index contributed by atoms with van der Waals surface area (Å²) in [5.41, 5.74) is 2.99. The third-order valence-electron chi connectivity index (χ3n) is 2.86. The quantitative estimate of drug-likeness (QED) is 0.736. The van der Waals surface area contributed by atoms with Gasteiger partial charge in [-0.05, 0) is 18.6 Å². The van der Waals surface area contributed by atoms with Crippen molar-refractivity contribution in [1.29, 1.82) is 0 Å². The van der Waals surface area contributed by atoms with E-state index < -0.39 is 6.43 Å². The maximum atomic E-state index is 12.5. The van der Waals surface area contributed by atoms with Gasteiger partial charge in [0.25, 0.3) is 6.43 Å². The Kier molecular flexibility index (Phi) is 6.73. The molecule has 1 aromatic carbocycles. The van der Waals surface area contributed by atoms with E-state index in [0.29, 0.717) is 13.2 Å². The zero-order valence-electron chi connectivity index (χ0n) is 11.7. The van der Waals surface area contributed by atoms with Gasteiger partial charge < -0.3 is 15.0 Å². The van der Waals surface area contributed by atoms with E-state index in [4.69, 9.17) is 4.74 Å². The fourth-order valence-corrected chi connectivity index (χ4v) is 1.93. The second-order valence-electron chi connectivity index (χ2n) is 4.57. The second-order valence-corrected chi connectivity index (χ2v) is 4.57. The van der Waals surface area contributed by atoms with Crippen molar-refractivity contribution in [3.05, 3.63) is 29.3 Å². The van der Waals surface area contributed by atoms with Crippen molar-refractivity contribution in [1.82, 2.24) is 5.32 Å². The largest absolute Gasteiger partial charge is 0.383 e. The smallest absolute Gasteiger partial charge is 0.255 e. The SMILES string of the molecule is COCCNCc1cc(C)ccc1N(C)CC(F)F. The van der Waals surface area contributed by atoms with E-state index in [1.807, 2.05) is 25.1 Å². The van der Waals surface area contributed by atoms with Crippen molar-refractivity contribution in [3.8, 4) is 0 Å². The minimum atomic E-state index is -2.33. The van der Waals surface area contributed by atoms with E-state index in [0.717, 1.165) is 23.4 Å². The first-order valence-electron chi connectivity index (χ1n) is 6.33. The van der Waals surface area contributed by atoms with Gasteiger partial charge in [0, 0.05) is 32.9 Å². The fraction of sp³-hybridized carbons (Fsp3) is 0.571. The number of alkyl halides is 2. The number of anilines is 1. The molecule has 0 aliphatic carbocycles. The van der Waals surface area contributed by atoms with Crippen molar-refractivity contribution < 1.29 is 13.5 Å². The number of hydrogen-bond donors (Lipinski definition) is 1. The Labute approximate surface area is 113 Å². The average Bonchev–Trinajstić information content (AvgIpc) is 2.34. The second kappa shape index (κ2) is 8.07. The molecule has 1 rings (SSSR count). The van der Waals surface area contributed by atoms with Gasteiger partial charge in [0.05, 0.1) is 13.2 Å². The van der Waals surface area contributed by atoms with E-state index in [1.54, 1.807) is 19.1 Å². The summed E-state index contributed by atoms with van der Waals surface area (Å²) in [6.45, 7) is 3.76. The van der Waals surface area contributed by atoms with E-state index in [9.17, 15) is 8.78 Å². The summed E-state index contributed by atoms with van der Waals surface area (Å²) in [6.07, 6.45) is -2.33. The van der Waals surface area contributed by atoms with Gasteiger partial charge >= 0.3 is 0 Å². The van der Waals surface area contributed by atoms with Crippen molar-refractivity contribution >= 4 is 5.69 Å². The predicted molar refractivity (Wildman–Crippen MR) is 74.0 cm³/mol. The summed E-state index contributed by atoms with van der Waals surface area (Å²) < 4.78 is 29.9. The molecule has 0 aliphatic rings. The van der Waals surface area contributed by atoms with E-state index in [2.05, 4.69) is 5.32 Å². The summed E-state index contributed by atoms with van der Waals surface area (Å²) in [4.78, 5) is 1.59. The summed E-state index contributed by atoms with van der Waals surface area (Å²) in [5, 5.41) is 3.24. The van der Waals surface area contributed by atoms with Crippen LogP contribution in [0.5, 0.6) is 0 Å². The summed E-state index contributed by atoms with van der Waals surface area (Å²) in [5.74, 6) is 0. The van der Waals surface area contributed by atoms with Crippen molar-refractivity contribution in [2.75, 3.05) is 38.8 Å². The van der Waals surface area contributed by atoms with E-state index >= 15 is 0 Å². The molecule has 0 aliphatic heterocycles. The van der Waals surface area contributed by atoms with Crippen LogP contribution < -0.4 is 10.2 Å². The number of hydrogen-bond acceptors (Lipinski definition) is 3. The van der Waals surface area contributed by atoms with Gasteiger partial charge in [-0.15, -0.1) is 0 Å². The highest BCUT2D eigenvalue weighted by Crippen LogP contribution is 2.21. The molecule has 19 heavy (non-hydrogen) atoms. The van der Waals surface area contributed by atoms with Crippen LogP contribution in [0.2, 0.25) is 0 Å². The number of aryl methyl sites for hydroxylation is 1. The van der Waals surface area contributed by atoms with Gasteiger partial charge in [0.1, 0.15) is 0 Å². The molecular formula is C14H22F2N2O. The highest BCUT2D eigenvalue weighted by molar-refractivity contribution is 5.54. The zero-order valence-corrected chi connectivity index (χ0v) is 11.7. The Morgan fingerprint density at radius 1 is 1.37 bits per heavy atom. The molecule has 0 bridgehead atoms. The number of halogens is 2. The van der Waals surface area contributed by atoms with Crippen LogP contribution in [0, 0.1) is 6.92 Å². The highest BCUT2D eigenvalue weighted by atomic mass is 19.3. The molecule has 1 N–H and O–H groups in total. The summed E-state index contributed by atoms with van der Waals surface area (Å²) in [6, 6.07) is 5.86. The molecule has 3 nitrogen and oxygen atoms in total. The lowest BCUT2D eigenvalue weighted by Gasteiger charge is -2.22. The van der Waals surface area contributed by atoms with Gasteiger partial charge in [-0.3, -0.25) is 0 Å². The van der Waals surface area contributed by atoms with Gasteiger partial charge in [0.15, 0.2) is 0 Å². The van der Waals surface area contributed by atoms with Crippen molar-refractivity contribution in [3.63, 3.8) is 0 Å². The molecule has 0 radical (unpaired) electrons. The molecular weight excluding hydrogens is 250 g/mol. The number of rotatable bonds is 8. The summed E-state index contributed by atoms with van der Waals surface area (Å²) >= 11 is 0. The molecule has 0 fully saturated rings. The maximum absolute atomic E-state index is 12.5. The molecule has 0 spiro atoms. The molecule has 0 heterocycles. The van der Waals surface area contributed by atoms with Crippen molar-refractivity contribution in [2.45, 2.75) is 19.9 Å². The van der Waals surface area contributed by atoms with Crippen LogP contribution in [0.4, 0.5) is 14.5 Å². The molecule has 0 saturated heterocycles. The standard InChI is InChI=1S/C14H22F2N2O/c1-11-4-5-13(18(2)10-14(15)16)12(8-11)9-17-6-7-19-3/h4-5,8,14,17H,6-7,9-10H2,1-3H3. The fourth-order valence-electron chi connectivity index (χ4n) is 1.93. The number of nitrogens with one attached hydrogen (secondary N) is 1. The molecule has 1 aromatic rings. The van der Waals surface area contributed by atoms with Gasteiger partial charge in [-0.25, -0.2) is 8.78 Å². The van der Waals surface area contributed by atoms with Gasteiger partial charge in [-0.1, -0.05) is 17.7 Å². The minimum absolute atomic E-state index is 0.256. The third kappa shape index (κ3) is 5.53. The Balaban J connectivity index is 2.73. The number of ether oxygens (including phenoxy) is 1. The van der Waals surface area contributed by atoms with Crippen LogP contribution in [0.15, 0.2) is 18.2 Å². The first-order chi connectivity index (χ1) is 9.04. The van der Waals surface area contributed by atoms with Crippen molar-refractivity contribution in [2.24, 2.45) is 0 Å². The molecule has 0 saturated carbocycles. The van der Waals surface area contributed by atoms with Gasteiger partial charge in [0.2, 0.25) is 0 Å². The Hall–Kier alpha value is -1.20. The third-order valence-corrected chi connectivity index (χ3v) is 2.86. The van der Waals surface area contributed by atoms with Gasteiger partial charge in [-0.2, -0.15) is 0 Å². The zero-order chi connectivity index (χ0) is 14.3. The lowest BCUT2D eigenvalue weighted by molar-refractivity contribution is 0.156. The average molecular weight is 272 g/mol. The number of methoxy groups -OCH3 is 1. The molecule has 0 unspecified atom stereocenters. The van der Waals surface area contributed by atoms with E-state index in [-0.39, 0.29) is 6.54 Å². The lowest BCUT2D eigenvalue weighted by atomic mass is 10.1. The Morgan fingerprint density at radius 2 is 2.11 bits per heavy atom. The van der Waals surface area contributed by atoms with Crippen LogP contribution in [0.3, 0.4) is 0 Å². The predicted octanol–water partition coefficient (Wildman–Crippen LogP) is 2.43. The monoisotopic (exact) mass is 272 g/mol. The minimum Gasteiger partial charge on any atom is -0.383 e. The van der Waals surface area contributed by atoms with Crippen LogP contribution in [0.1, 0.15) is 11.1 Å². The Morgan fingerprint density at radius 3 is 2.74 bits per heavy atom. The maximum Gasteiger partial charge on any atom is 0.255 e. The van der Waals surface area contributed by atoms with E-state index in [1.165, 1.54) is 0 Å². The highest BCUT2D eigenvalue weighted by Gasteiger charge is 2.12. The normalized spacial score (nSPS) is 11.1. The molecule has 108 valence electrons. The Bertz CT molecular complexity index is 386. The van der Waals surface area contributed by atoms with Crippen LogP contribution in [0.25, 0.3) is 0 Å². The topological polar surface area (TPSA) is 24.5 Å². The molecule has 0 amide bonds. The number of benzene rings is 1. The summed E-state index contributed by atoms with van der Waals surface area (Å²) in [7, 11) is 3.34. The lowest BCUT2D eigenvalue weighted by Crippen LogP contribution is -2.26. The molecule has 0 aromatic heterocycles. The van der Waals surface area contributed by atoms with Crippen LogP contribution >= 0.6 is 0 Å².